The smallest absolute Gasteiger partial charge is 0.258 e. The molecule has 1 amide bonds. The zero-order valence-electron chi connectivity index (χ0n) is 10.4. The molecule has 2 aromatic carbocycles. The Balaban J connectivity index is 1.93. The summed E-state index contributed by atoms with van der Waals surface area (Å²) >= 11 is 16.8. The van der Waals surface area contributed by atoms with Crippen LogP contribution in [0, 0.1) is 0 Å². The van der Waals surface area contributed by atoms with Crippen LogP contribution in [0.2, 0.25) is 10.0 Å². The van der Waals surface area contributed by atoms with E-state index in [1.807, 2.05) is 12.1 Å². The van der Waals surface area contributed by atoms with E-state index in [2.05, 4.69) is 26.2 Å². The van der Waals surface area contributed by atoms with E-state index in [9.17, 15) is 4.79 Å². The maximum absolute atomic E-state index is 12.3. The number of benzene rings is 2. The van der Waals surface area contributed by atoms with Crippen LogP contribution in [0.25, 0.3) is 10.2 Å². The number of rotatable bonds is 2. The number of fused-ring (bicyclic) bond motifs is 1. The molecular formula is C14H7BrCl2N2OS. The van der Waals surface area contributed by atoms with Gasteiger partial charge in [0.25, 0.3) is 5.91 Å². The summed E-state index contributed by atoms with van der Waals surface area (Å²) < 4.78 is 1.70. The third-order valence-corrected chi connectivity index (χ3v) is 4.83. The maximum atomic E-state index is 12.3. The lowest BCUT2D eigenvalue weighted by molar-refractivity contribution is 0.102. The van der Waals surface area contributed by atoms with Gasteiger partial charge < -0.3 is 0 Å². The van der Waals surface area contributed by atoms with Crippen molar-refractivity contribution in [3.63, 3.8) is 0 Å². The Bertz CT molecular complexity index is 850. The van der Waals surface area contributed by atoms with Gasteiger partial charge in [-0.05, 0) is 30.3 Å². The van der Waals surface area contributed by atoms with Gasteiger partial charge in [-0.15, -0.1) is 0 Å². The molecule has 0 spiro atoms. The van der Waals surface area contributed by atoms with Gasteiger partial charge in [-0.3, -0.25) is 10.1 Å². The molecule has 0 bridgehead atoms. The molecule has 0 saturated carbocycles. The van der Waals surface area contributed by atoms with E-state index in [0.717, 1.165) is 9.17 Å². The molecule has 1 aromatic heterocycles. The van der Waals surface area contributed by atoms with Gasteiger partial charge >= 0.3 is 0 Å². The number of halogens is 3. The van der Waals surface area contributed by atoms with Crippen LogP contribution in [-0.2, 0) is 0 Å². The van der Waals surface area contributed by atoms with Gasteiger partial charge in [-0.25, -0.2) is 4.98 Å². The van der Waals surface area contributed by atoms with Crippen LogP contribution >= 0.6 is 50.5 Å². The molecule has 7 heteroatoms. The third kappa shape index (κ3) is 3.06. The van der Waals surface area contributed by atoms with Crippen LogP contribution in [0.5, 0.6) is 0 Å². The normalized spacial score (nSPS) is 10.8. The summed E-state index contributed by atoms with van der Waals surface area (Å²) in [6.07, 6.45) is 0. The van der Waals surface area contributed by atoms with Crippen molar-refractivity contribution in [2.24, 2.45) is 0 Å². The first-order valence-electron chi connectivity index (χ1n) is 5.86. The minimum absolute atomic E-state index is 0.309. The number of anilines is 1. The quantitative estimate of drug-likeness (QED) is 0.605. The van der Waals surface area contributed by atoms with Gasteiger partial charge in [0.15, 0.2) is 5.13 Å². The van der Waals surface area contributed by atoms with Gasteiger partial charge in [0.05, 0.1) is 20.3 Å². The number of nitrogens with one attached hydrogen (secondary N) is 1. The largest absolute Gasteiger partial charge is 0.298 e. The number of thiazole rings is 1. The average Bonchev–Trinajstić information content (AvgIpc) is 2.85. The fraction of sp³-hybridized carbons (Fsp3) is 0. The number of nitrogens with zero attached hydrogens (tertiary/aromatic N) is 1. The zero-order valence-corrected chi connectivity index (χ0v) is 14.3. The summed E-state index contributed by atoms with van der Waals surface area (Å²) in [5, 5.41) is 4.18. The van der Waals surface area contributed by atoms with Crippen LogP contribution in [-0.4, -0.2) is 10.9 Å². The lowest BCUT2D eigenvalue weighted by atomic mass is 10.2. The third-order valence-electron chi connectivity index (χ3n) is 2.76. The van der Waals surface area contributed by atoms with Crippen LogP contribution in [0.15, 0.2) is 40.9 Å². The van der Waals surface area contributed by atoms with Crippen LogP contribution < -0.4 is 5.32 Å². The summed E-state index contributed by atoms with van der Waals surface area (Å²) in [6.45, 7) is 0. The van der Waals surface area contributed by atoms with Crippen molar-refractivity contribution < 1.29 is 4.79 Å². The molecule has 0 unspecified atom stereocenters. The van der Waals surface area contributed by atoms with Gasteiger partial charge in [0.1, 0.15) is 5.52 Å². The second-order valence-corrected chi connectivity index (χ2v) is 6.94. The monoisotopic (exact) mass is 400 g/mol. The molecular weight excluding hydrogens is 395 g/mol. The van der Waals surface area contributed by atoms with Crippen molar-refractivity contribution in [1.29, 1.82) is 0 Å². The second-order valence-electron chi connectivity index (χ2n) is 4.18. The number of hydrogen-bond donors (Lipinski definition) is 1. The SMILES string of the molecule is O=C(Nc1nc2c(Cl)cccc2s1)c1cc(Br)ccc1Cl. The zero-order chi connectivity index (χ0) is 15.0. The standard InChI is InChI=1S/C14H7BrCl2N2OS/c15-7-4-5-9(16)8(6-7)13(20)19-14-18-12-10(17)2-1-3-11(12)21-14/h1-6H,(H,18,19,20). The highest BCUT2D eigenvalue weighted by Crippen LogP contribution is 2.31. The maximum Gasteiger partial charge on any atom is 0.258 e. The lowest BCUT2D eigenvalue weighted by Gasteiger charge is -2.04. The Kier molecular flexibility index (Phi) is 4.17. The van der Waals surface area contributed by atoms with Gasteiger partial charge in [-0.2, -0.15) is 0 Å². The highest BCUT2D eigenvalue weighted by atomic mass is 79.9. The highest BCUT2D eigenvalue weighted by molar-refractivity contribution is 9.10. The molecule has 0 aliphatic carbocycles. The second kappa shape index (κ2) is 5.93. The van der Waals surface area contributed by atoms with Gasteiger partial charge in [-0.1, -0.05) is 56.5 Å². The Morgan fingerprint density at radius 3 is 2.76 bits per heavy atom. The van der Waals surface area contributed by atoms with E-state index in [1.54, 1.807) is 24.3 Å². The number of hydrogen-bond acceptors (Lipinski definition) is 3. The van der Waals surface area contributed by atoms with E-state index in [-0.39, 0.29) is 5.91 Å². The topological polar surface area (TPSA) is 42.0 Å². The number of aromatic nitrogens is 1. The predicted octanol–water partition coefficient (Wildman–Crippen LogP) is 5.62. The number of carbonyl (C=O) groups excluding carboxylic acids is 1. The molecule has 3 rings (SSSR count). The minimum atomic E-state index is -0.309. The molecule has 0 atom stereocenters. The fourth-order valence-corrected chi connectivity index (χ4v) is 3.53. The summed E-state index contributed by atoms with van der Waals surface area (Å²) in [7, 11) is 0. The predicted molar refractivity (Wildman–Crippen MR) is 91.7 cm³/mol. The number of para-hydroxylation sites is 1. The fourth-order valence-electron chi connectivity index (χ4n) is 1.80. The minimum Gasteiger partial charge on any atom is -0.298 e. The highest BCUT2D eigenvalue weighted by Gasteiger charge is 2.14. The molecule has 0 radical (unpaired) electrons. The summed E-state index contributed by atoms with van der Waals surface area (Å²) in [6, 6.07) is 10.6. The first-order chi connectivity index (χ1) is 10.0. The molecule has 0 aliphatic heterocycles. The Morgan fingerprint density at radius 2 is 2.00 bits per heavy atom. The van der Waals surface area contributed by atoms with Crippen molar-refractivity contribution in [3.05, 3.63) is 56.5 Å². The average molecular weight is 402 g/mol. The van der Waals surface area contributed by atoms with Crippen LogP contribution in [0.4, 0.5) is 5.13 Å². The van der Waals surface area contributed by atoms with Gasteiger partial charge in [0, 0.05) is 4.47 Å². The van der Waals surface area contributed by atoms with E-state index in [4.69, 9.17) is 23.2 Å². The Hall–Kier alpha value is -1.14. The molecule has 0 saturated heterocycles. The van der Waals surface area contributed by atoms with Crippen molar-refractivity contribution in [3.8, 4) is 0 Å². The summed E-state index contributed by atoms with van der Waals surface area (Å²) in [5.41, 5.74) is 1.07. The van der Waals surface area contributed by atoms with Crippen LogP contribution in [0.1, 0.15) is 10.4 Å². The van der Waals surface area contributed by atoms with E-state index < -0.39 is 0 Å². The number of amides is 1. The summed E-state index contributed by atoms with van der Waals surface area (Å²) in [5.74, 6) is -0.309. The van der Waals surface area contributed by atoms with E-state index in [1.165, 1.54) is 11.3 Å². The molecule has 0 aliphatic rings. The molecule has 1 heterocycles. The molecule has 21 heavy (non-hydrogen) atoms. The Labute approximate surface area is 143 Å². The lowest BCUT2D eigenvalue weighted by Crippen LogP contribution is -2.12. The first kappa shape index (κ1) is 14.8. The van der Waals surface area contributed by atoms with Crippen molar-refractivity contribution in [2.75, 3.05) is 5.32 Å². The van der Waals surface area contributed by atoms with Crippen molar-refractivity contribution >= 4 is 71.7 Å². The van der Waals surface area contributed by atoms with Crippen molar-refractivity contribution in [1.82, 2.24) is 4.98 Å². The molecule has 0 fully saturated rings. The van der Waals surface area contributed by atoms with E-state index >= 15 is 0 Å². The molecule has 3 aromatic rings. The molecule has 106 valence electrons. The number of carbonyl (C=O) groups is 1. The van der Waals surface area contributed by atoms with Crippen molar-refractivity contribution in [2.45, 2.75) is 0 Å². The van der Waals surface area contributed by atoms with E-state index in [0.29, 0.717) is 26.3 Å². The first-order valence-corrected chi connectivity index (χ1v) is 8.22. The Morgan fingerprint density at radius 1 is 1.19 bits per heavy atom. The van der Waals surface area contributed by atoms with Gasteiger partial charge in [0.2, 0.25) is 0 Å². The molecule has 3 nitrogen and oxygen atoms in total. The van der Waals surface area contributed by atoms with Crippen LogP contribution in [0.3, 0.4) is 0 Å². The summed E-state index contributed by atoms with van der Waals surface area (Å²) in [4.78, 5) is 16.6. The molecule has 1 N–H and O–H groups in total.